The molecule has 0 unspecified atom stereocenters. The number of rotatable bonds is 7. The Bertz CT molecular complexity index is 1040. The third kappa shape index (κ3) is 4.99. The second kappa shape index (κ2) is 9.55. The summed E-state index contributed by atoms with van der Waals surface area (Å²) in [7, 11) is 0. The van der Waals surface area contributed by atoms with E-state index in [0.717, 1.165) is 29.7 Å². The van der Waals surface area contributed by atoms with E-state index < -0.39 is 0 Å². The Balaban J connectivity index is 1.35. The number of carbonyl (C=O) groups excluding carboxylic acids is 2. The van der Waals surface area contributed by atoms with Gasteiger partial charge in [0, 0.05) is 19.0 Å². The van der Waals surface area contributed by atoms with Crippen molar-refractivity contribution in [2.24, 2.45) is 0 Å². The zero-order valence-corrected chi connectivity index (χ0v) is 17.7. The number of nitrogens with zero attached hydrogens (tertiary/aromatic N) is 3. The van der Waals surface area contributed by atoms with Crippen molar-refractivity contribution >= 4 is 11.8 Å². The number of hydrogen-bond donors (Lipinski definition) is 2. The molecule has 0 saturated heterocycles. The van der Waals surface area contributed by atoms with Gasteiger partial charge in [-0.2, -0.15) is 0 Å². The zero-order valence-electron chi connectivity index (χ0n) is 17.7. The Morgan fingerprint density at radius 2 is 1.68 bits per heavy atom. The summed E-state index contributed by atoms with van der Waals surface area (Å²) in [6.45, 7) is 2.09. The molecule has 3 aromatic rings. The minimum Gasteiger partial charge on any atom is -0.353 e. The summed E-state index contributed by atoms with van der Waals surface area (Å²) in [5.74, 6) is -0.343. The number of amides is 2. The van der Waals surface area contributed by atoms with Gasteiger partial charge in [0.15, 0.2) is 5.69 Å². The molecule has 0 bridgehead atoms. The minimum absolute atomic E-state index is 0.0221. The maximum absolute atomic E-state index is 12.5. The van der Waals surface area contributed by atoms with Crippen molar-refractivity contribution in [3.63, 3.8) is 0 Å². The van der Waals surface area contributed by atoms with E-state index in [0.29, 0.717) is 11.7 Å². The van der Waals surface area contributed by atoms with Crippen LogP contribution in [0, 0.1) is 6.92 Å². The molecule has 2 amide bonds. The fraction of sp³-hybridized carbons (Fsp3) is 0.333. The van der Waals surface area contributed by atoms with Gasteiger partial charge in [0.1, 0.15) is 0 Å². The maximum atomic E-state index is 12.5. The third-order valence-electron chi connectivity index (χ3n) is 5.69. The van der Waals surface area contributed by atoms with Crippen LogP contribution in [0.5, 0.6) is 0 Å². The predicted molar refractivity (Wildman–Crippen MR) is 119 cm³/mol. The van der Waals surface area contributed by atoms with E-state index in [2.05, 4.69) is 33.1 Å². The molecule has 0 aliphatic heterocycles. The van der Waals surface area contributed by atoms with Crippen LogP contribution in [0.2, 0.25) is 0 Å². The summed E-state index contributed by atoms with van der Waals surface area (Å²) in [4.78, 5) is 24.5. The van der Waals surface area contributed by atoms with Crippen molar-refractivity contribution in [3.05, 3.63) is 66.0 Å². The highest BCUT2D eigenvalue weighted by Gasteiger charge is 2.19. The van der Waals surface area contributed by atoms with Crippen LogP contribution >= 0.6 is 0 Å². The lowest BCUT2D eigenvalue weighted by molar-refractivity contribution is -0.121. The van der Waals surface area contributed by atoms with Gasteiger partial charge in [-0.15, -0.1) is 5.10 Å². The van der Waals surface area contributed by atoms with Crippen LogP contribution in [-0.4, -0.2) is 39.4 Å². The first-order valence-electron chi connectivity index (χ1n) is 10.8. The van der Waals surface area contributed by atoms with Crippen LogP contribution in [0.4, 0.5) is 0 Å². The van der Waals surface area contributed by atoms with Crippen LogP contribution in [0.25, 0.3) is 16.8 Å². The Hall–Kier alpha value is -3.48. The van der Waals surface area contributed by atoms with Crippen molar-refractivity contribution < 1.29 is 9.59 Å². The molecule has 4 rings (SSSR count). The van der Waals surface area contributed by atoms with E-state index in [1.165, 1.54) is 12.8 Å². The van der Waals surface area contributed by atoms with E-state index >= 15 is 0 Å². The first kappa shape index (κ1) is 20.8. The predicted octanol–water partition coefficient (Wildman–Crippen LogP) is 3.42. The lowest BCUT2D eigenvalue weighted by Gasteiger charge is -2.11. The highest BCUT2D eigenvalue weighted by Crippen LogP contribution is 2.21. The van der Waals surface area contributed by atoms with E-state index in [1.807, 2.05) is 49.4 Å². The fourth-order valence-corrected chi connectivity index (χ4v) is 3.95. The molecule has 0 radical (unpaired) electrons. The number of carbonyl (C=O) groups is 2. The highest BCUT2D eigenvalue weighted by atomic mass is 16.2. The minimum atomic E-state index is -0.321. The van der Waals surface area contributed by atoms with Gasteiger partial charge < -0.3 is 10.6 Å². The third-order valence-corrected chi connectivity index (χ3v) is 5.69. The lowest BCUT2D eigenvalue weighted by Crippen LogP contribution is -2.35. The molecule has 0 atom stereocenters. The number of aromatic nitrogens is 3. The molecule has 1 saturated carbocycles. The molecule has 7 heteroatoms. The van der Waals surface area contributed by atoms with Gasteiger partial charge >= 0.3 is 0 Å². The summed E-state index contributed by atoms with van der Waals surface area (Å²) >= 11 is 0. The molecule has 7 nitrogen and oxygen atoms in total. The second-order valence-corrected chi connectivity index (χ2v) is 7.90. The van der Waals surface area contributed by atoms with E-state index in [9.17, 15) is 9.59 Å². The Kier molecular flexibility index (Phi) is 6.40. The molecule has 2 aromatic carbocycles. The molecule has 1 aliphatic rings. The summed E-state index contributed by atoms with van der Waals surface area (Å²) in [5.41, 5.74) is 4.00. The Labute approximate surface area is 181 Å². The molecular formula is C24H27N5O2. The second-order valence-electron chi connectivity index (χ2n) is 7.90. The van der Waals surface area contributed by atoms with Gasteiger partial charge in [0.2, 0.25) is 5.91 Å². The summed E-state index contributed by atoms with van der Waals surface area (Å²) < 4.78 is 1.65. The largest absolute Gasteiger partial charge is 0.353 e. The normalized spacial score (nSPS) is 13.8. The summed E-state index contributed by atoms with van der Waals surface area (Å²) in [6.07, 6.45) is 4.70. The molecule has 0 spiro atoms. The summed E-state index contributed by atoms with van der Waals surface area (Å²) in [6, 6.07) is 18.4. The average molecular weight is 418 g/mol. The van der Waals surface area contributed by atoms with Gasteiger partial charge in [-0.05, 0) is 43.0 Å². The van der Waals surface area contributed by atoms with Crippen LogP contribution in [0.15, 0.2) is 54.6 Å². The lowest BCUT2D eigenvalue weighted by atomic mass is 10.1. The van der Waals surface area contributed by atoms with E-state index in [1.54, 1.807) is 4.68 Å². The van der Waals surface area contributed by atoms with Crippen molar-refractivity contribution in [2.75, 3.05) is 6.54 Å². The van der Waals surface area contributed by atoms with Crippen molar-refractivity contribution in [2.45, 2.75) is 45.1 Å². The van der Waals surface area contributed by atoms with E-state index in [-0.39, 0.29) is 30.5 Å². The summed E-state index contributed by atoms with van der Waals surface area (Å²) in [5, 5.41) is 14.0. The smallest absolute Gasteiger partial charge is 0.273 e. The topological polar surface area (TPSA) is 88.9 Å². The van der Waals surface area contributed by atoms with Gasteiger partial charge in [-0.25, -0.2) is 4.68 Å². The monoisotopic (exact) mass is 417 g/mol. The van der Waals surface area contributed by atoms with Crippen molar-refractivity contribution in [1.29, 1.82) is 0 Å². The zero-order chi connectivity index (χ0) is 21.6. The fourth-order valence-electron chi connectivity index (χ4n) is 3.95. The van der Waals surface area contributed by atoms with Gasteiger partial charge in [-0.1, -0.05) is 60.5 Å². The first-order chi connectivity index (χ1) is 15.1. The molecule has 1 heterocycles. The molecule has 160 valence electrons. The van der Waals surface area contributed by atoms with Gasteiger partial charge in [0.05, 0.1) is 11.4 Å². The molecular weight excluding hydrogens is 390 g/mol. The van der Waals surface area contributed by atoms with Crippen LogP contribution < -0.4 is 10.6 Å². The standard InChI is InChI=1S/C24H27N5O2/c1-17-23(24(31)25-16-15-22(30)26-20-9-5-6-10-20)27-28-29(17)21-13-11-19(12-14-21)18-7-3-2-4-8-18/h2-4,7-8,11-14,20H,5-6,9-10,15-16H2,1H3,(H,25,31)(H,26,30). The van der Waals surface area contributed by atoms with Gasteiger partial charge in [-0.3, -0.25) is 9.59 Å². The molecule has 2 N–H and O–H groups in total. The quantitative estimate of drug-likeness (QED) is 0.616. The average Bonchev–Trinajstić information content (AvgIpc) is 3.44. The van der Waals surface area contributed by atoms with Crippen LogP contribution in [0.3, 0.4) is 0 Å². The first-order valence-corrected chi connectivity index (χ1v) is 10.8. The van der Waals surface area contributed by atoms with E-state index in [4.69, 9.17) is 0 Å². The SMILES string of the molecule is Cc1c(C(=O)NCCC(=O)NC2CCCC2)nnn1-c1ccc(-c2ccccc2)cc1. The Morgan fingerprint density at radius 1 is 1.00 bits per heavy atom. The van der Waals surface area contributed by atoms with Crippen LogP contribution in [-0.2, 0) is 4.79 Å². The molecule has 31 heavy (non-hydrogen) atoms. The number of nitrogens with one attached hydrogen (secondary N) is 2. The maximum Gasteiger partial charge on any atom is 0.273 e. The van der Waals surface area contributed by atoms with Crippen molar-refractivity contribution in [1.82, 2.24) is 25.6 Å². The van der Waals surface area contributed by atoms with Crippen molar-refractivity contribution in [3.8, 4) is 16.8 Å². The number of benzene rings is 2. The van der Waals surface area contributed by atoms with Crippen LogP contribution in [0.1, 0.15) is 48.3 Å². The molecule has 1 aliphatic carbocycles. The Morgan fingerprint density at radius 3 is 2.39 bits per heavy atom. The van der Waals surface area contributed by atoms with Gasteiger partial charge in [0.25, 0.3) is 5.91 Å². The molecule has 1 fully saturated rings. The molecule has 1 aromatic heterocycles. The highest BCUT2D eigenvalue weighted by molar-refractivity contribution is 5.93. The number of hydrogen-bond acceptors (Lipinski definition) is 4.